The van der Waals surface area contributed by atoms with Crippen molar-refractivity contribution in [1.29, 1.82) is 0 Å². The standard InChI is InChI=1S/C25H36N3.C10H12O.3ClH.Ru/c1-17-10-19(3)24(20(4)11-17)26-14-23(15-28(7,8)9)27(16-26)25-21(5)12-18(2)13-22(25)6;1-8(2)11-10-7-5-4-6-9(10)3;;;;/h10-13,23H,14-15H2,1-9H3;3-8H,1-2H3;3*1H;/q+1;;;;;+2/p-3. The number of aryl methyl sites for hydroxylation is 6. The van der Waals surface area contributed by atoms with Gasteiger partial charge in [-0.25, -0.2) is 0 Å². The van der Waals surface area contributed by atoms with Crippen molar-refractivity contribution < 1.29 is 39.7 Å². The second kappa shape index (κ2) is 16.0. The Kier molecular flexibility index (Phi) is 13.9. The van der Waals surface area contributed by atoms with Crippen LogP contribution in [0.5, 0.6) is 5.75 Å². The molecule has 0 N–H and O–H groups in total. The maximum atomic E-state index is 5.82. The molecule has 3 aromatic rings. The number of hydrogen-bond donors (Lipinski definition) is 0. The van der Waals surface area contributed by atoms with E-state index in [0.29, 0.717) is 6.04 Å². The van der Waals surface area contributed by atoms with Gasteiger partial charge in [-0.05, 0) is 41.5 Å². The van der Waals surface area contributed by atoms with Crippen molar-refractivity contribution in [2.24, 2.45) is 0 Å². The van der Waals surface area contributed by atoms with Crippen LogP contribution in [0.3, 0.4) is 0 Å². The monoisotopic (exact) mass is 733 g/mol. The van der Waals surface area contributed by atoms with Gasteiger partial charge in [0, 0.05) is 11.4 Å². The molecule has 4 nitrogen and oxygen atoms in total. The van der Waals surface area contributed by atoms with Crippen molar-refractivity contribution in [1.82, 2.24) is 0 Å². The zero-order valence-corrected chi connectivity index (χ0v) is 31.5. The van der Waals surface area contributed by atoms with Gasteiger partial charge in [0.2, 0.25) is 6.34 Å². The van der Waals surface area contributed by atoms with Crippen LogP contribution in [0.15, 0.2) is 48.5 Å². The van der Waals surface area contributed by atoms with E-state index in [1.54, 1.807) is 0 Å². The second-order valence-corrected chi connectivity index (χ2v) is 18.4. The first-order valence-electron chi connectivity index (χ1n) is 14.4. The Labute approximate surface area is 279 Å². The van der Waals surface area contributed by atoms with Gasteiger partial charge in [0.05, 0.1) is 21.1 Å². The maximum absolute atomic E-state index is 5.82. The van der Waals surface area contributed by atoms with E-state index in [2.05, 4.69) is 103 Å². The van der Waals surface area contributed by atoms with Crippen molar-refractivity contribution in [2.75, 3.05) is 39.1 Å². The Morgan fingerprint density at radius 1 is 0.930 bits per heavy atom. The summed E-state index contributed by atoms with van der Waals surface area (Å²) in [4.78, 5) is 2.35. The minimum absolute atomic E-state index is 0. The van der Waals surface area contributed by atoms with Gasteiger partial charge in [0.15, 0.2) is 6.04 Å². The van der Waals surface area contributed by atoms with E-state index >= 15 is 0 Å². The fourth-order valence-corrected chi connectivity index (χ4v) is 7.66. The van der Waals surface area contributed by atoms with Crippen molar-refractivity contribution >= 4 is 41.7 Å². The summed E-state index contributed by atoms with van der Waals surface area (Å²) in [7, 11) is 18.5. The number of para-hydroxylation sites is 1. The largest absolute Gasteiger partial charge is 1.00 e. The molecule has 0 fully saturated rings. The average Bonchev–Trinajstić information content (AvgIpc) is 3.19. The van der Waals surface area contributed by atoms with E-state index in [4.69, 9.17) is 24.1 Å². The first kappa shape index (κ1) is 37.4. The van der Waals surface area contributed by atoms with Crippen LogP contribution in [-0.2, 0) is 13.5 Å². The first-order chi connectivity index (χ1) is 19.6. The topological polar surface area (TPSA) is 15.5 Å². The summed E-state index contributed by atoms with van der Waals surface area (Å²) < 4.78 is 10.9. The zero-order chi connectivity index (χ0) is 31.4. The molecule has 1 unspecified atom stereocenters. The quantitative estimate of drug-likeness (QED) is 0.143. The Morgan fingerprint density at radius 3 is 1.93 bits per heavy atom. The molecule has 0 saturated heterocycles. The van der Waals surface area contributed by atoms with Gasteiger partial charge in [-0.15, -0.1) is 0 Å². The van der Waals surface area contributed by atoms with Gasteiger partial charge in [-0.3, -0.25) is 0 Å². The van der Waals surface area contributed by atoms with Gasteiger partial charge < -0.3 is 26.4 Å². The molecule has 0 aliphatic carbocycles. The van der Waals surface area contributed by atoms with E-state index in [1.807, 2.05) is 42.7 Å². The predicted molar refractivity (Wildman–Crippen MR) is 179 cm³/mol. The molecule has 4 rings (SSSR count). The summed E-state index contributed by atoms with van der Waals surface area (Å²) in [5.74, 6) is 0.850. The predicted octanol–water partition coefficient (Wildman–Crippen LogP) is 5.24. The van der Waals surface area contributed by atoms with Crippen LogP contribution in [0.25, 0.3) is 0 Å². The summed E-state index contributed by atoms with van der Waals surface area (Å²) in [6.45, 7) is 19.3. The van der Waals surface area contributed by atoms with Gasteiger partial charge in [-0.2, -0.15) is 0 Å². The molecule has 43 heavy (non-hydrogen) atoms. The molecular formula is C35H48Cl3N3ORu. The van der Waals surface area contributed by atoms with Gasteiger partial charge in [0.25, 0.3) is 0 Å². The molecule has 1 heterocycles. The van der Waals surface area contributed by atoms with Crippen LogP contribution in [0, 0.1) is 41.5 Å². The van der Waals surface area contributed by atoms with Crippen molar-refractivity contribution in [3.05, 3.63) is 87.5 Å². The van der Waals surface area contributed by atoms with E-state index in [1.165, 1.54) is 44.8 Å². The SMILES string of the molecule is CC(C)Oc1ccccc1[CH]=[Ru]([Cl])[Cl].Cc1cc(C)c(N2[C-]=[N+](c3c(C)cc(C)cc3C)C(C[N+](C)(C)C)C2)c(C)c1.[Cl-]. The second-order valence-electron chi connectivity index (χ2n) is 12.7. The minimum Gasteiger partial charge on any atom is -1.00 e. The number of anilines is 1. The Hall–Kier alpha value is -1.75. The summed E-state index contributed by atoms with van der Waals surface area (Å²) in [5.41, 5.74) is 11.6. The smallest absolute Gasteiger partial charge is 0.207 e. The van der Waals surface area contributed by atoms with Crippen molar-refractivity contribution in [2.45, 2.75) is 67.5 Å². The van der Waals surface area contributed by atoms with Crippen LogP contribution in [0.2, 0.25) is 0 Å². The molecule has 1 aliphatic rings. The third-order valence-corrected chi connectivity index (χ3v) is 8.83. The number of nitrogens with zero attached hydrogens (tertiary/aromatic N) is 3. The third-order valence-electron chi connectivity index (χ3n) is 7.00. The summed E-state index contributed by atoms with van der Waals surface area (Å²) in [5, 5.41) is 0. The number of benzene rings is 3. The van der Waals surface area contributed by atoms with Crippen LogP contribution in [0.4, 0.5) is 11.4 Å². The van der Waals surface area contributed by atoms with E-state index in [-0.39, 0.29) is 18.5 Å². The number of hydrogen-bond acceptors (Lipinski definition) is 2. The molecule has 0 saturated carbocycles. The summed E-state index contributed by atoms with van der Waals surface area (Å²) in [6, 6.07) is 17.3. The van der Waals surface area contributed by atoms with Crippen LogP contribution in [0.1, 0.15) is 52.8 Å². The number of quaternary nitrogens is 1. The molecular weight excluding hydrogens is 686 g/mol. The Morgan fingerprint density at radius 2 is 1.44 bits per heavy atom. The van der Waals surface area contributed by atoms with E-state index in [9.17, 15) is 0 Å². The van der Waals surface area contributed by atoms with Crippen molar-refractivity contribution in [3.63, 3.8) is 0 Å². The van der Waals surface area contributed by atoms with Crippen LogP contribution in [-0.4, -0.2) is 66.4 Å². The summed E-state index contributed by atoms with van der Waals surface area (Å²) in [6.07, 6.45) is 3.92. The molecule has 3 aromatic carbocycles. The van der Waals surface area contributed by atoms with Gasteiger partial charge in [0.1, 0.15) is 13.1 Å². The zero-order valence-electron chi connectivity index (χ0n) is 27.5. The Balaban J connectivity index is 0.000000364. The molecule has 0 radical (unpaired) electrons. The number of likely N-dealkylation sites (N-methyl/N-ethyl adjacent to an activating group) is 1. The van der Waals surface area contributed by atoms with Gasteiger partial charge >= 0.3 is 97.8 Å². The van der Waals surface area contributed by atoms with Gasteiger partial charge in [-0.1, -0.05) is 57.6 Å². The van der Waals surface area contributed by atoms with Crippen LogP contribution >= 0.6 is 19.4 Å². The van der Waals surface area contributed by atoms with Crippen molar-refractivity contribution in [3.8, 4) is 5.75 Å². The number of rotatable bonds is 7. The first-order valence-corrected chi connectivity index (χ1v) is 19.9. The number of halogens is 3. The Bertz CT molecular complexity index is 1430. The average molecular weight is 734 g/mol. The van der Waals surface area contributed by atoms with E-state index in [0.717, 1.165) is 28.9 Å². The molecule has 1 aliphatic heterocycles. The fraction of sp³-hybridized carbons (Fsp3) is 0.429. The molecule has 238 valence electrons. The molecule has 0 bridgehead atoms. The molecule has 0 amide bonds. The summed E-state index contributed by atoms with van der Waals surface area (Å²) >= 11 is -1.77. The van der Waals surface area contributed by atoms with E-state index < -0.39 is 13.5 Å². The minimum atomic E-state index is -1.77. The third kappa shape index (κ3) is 10.7. The van der Waals surface area contributed by atoms with Crippen LogP contribution < -0.4 is 22.0 Å². The maximum Gasteiger partial charge on any atom is 0.207 e. The molecule has 0 aromatic heterocycles. The number of ether oxygens (including phenoxy) is 1. The fourth-order valence-electron chi connectivity index (χ4n) is 5.85. The molecule has 8 heteroatoms. The molecule has 1 atom stereocenters. The molecule has 0 spiro atoms. The normalized spacial score (nSPS) is 14.9.